The Bertz CT molecular complexity index is 372. The van der Waals surface area contributed by atoms with Crippen molar-refractivity contribution in [2.75, 3.05) is 26.2 Å². The molecule has 0 aromatic carbocycles. The van der Waals surface area contributed by atoms with E-state index in [4.69, 9.17) is 4.99 Å². The van der Waals surface area contributed by atoms with E-state index in [0.29, 0.717) is 0 Å². The maximum Gasteiger partial charge on any atom is 0.193 e. The number of rotatable bonds is 6. The van der Waals surface area contributed by atoms with E-state index in [1.165, 1.54) is 30.6 Å². The highest BCUT2D eigenvalue weighted by Gasteiger charge is 2.15. The lowest BCUT2D eigenvalue weighted by atomic mass is 10.3. The monoisotopic (exact) mass is 407 g/mol. The summed E-state index contributed by atoms with van der Waals surface area (Å²) >= 11 is 1.83. The topological polar surface area (TPSA) is 27.6 Å². The number of hydrogen-bond donors (Lipinski definition) is 1. The molecule has 1 N–H and O–H groups in total. The third-order valence-electron chi connectivity index (χ3n) is 3.41. The van der Waals surface area contributed by atoms with Gasteiger partial charge in [-0.05, 0) is 37.1 Å². The highest BCUT2D eigenvalue weighted by molar-refractivity contribution is 14.0. The Kier molecular flexibility index (Phi) is 9.26. The zero-order valence-corrected chi connectivity index (χ0v) is 15.5. The second-order valence-corrected chi connectivity index (χ2v) is 6.04. The summed E-state index contributed by atoms with van der Waals surface area (Å²) in [5.74, 6) is 1.13. The Morgan fingerprint density at radius 3 is 2.85 bits per heavy atom. The van der Waals surface area contributed by atoms with Gasteiger partial charge in [0.05, 0.1) is 0 Å². The number of hydrogen-bond acceptors (Lipinski definition) is 2. The van der Waals surface area contributed by atoms with Gasteiger partial charge in [0.25, 0.3) is 0 Å². The summed E-state index contributed by atoms with van der Waals surface area (Å²) in [6.45, 7) is 6.49. The zero-order chi connectivity index (χ0) is 13.3. The van der Waals surface area contributed by atoms with Crippen LogP contribution < -0.4 is 5.32 Å². The van der Waals surface area contributed by atoms with Gasteiger partial charge in [0.15, 0.2) is 5.96 Å². The van der Waals surface area contributed by atoms with Gasteiger partial charge in [-0.2, -0.15) is 0 Å². The van der Waals surface area contributed by atoms with E-state index in [2.05, 4.69) is 34.7 Å². The Hall–Kier alpha value is -0.300. The molecule has 114 valence electrons. The van der Waals surface area contributed by atoms with Crippen molar-refractivity contribution in [3.8, 4) is 0 Å². The Morgan fingerprint density at radius 1 is 1.40 bits per heavy atom. The molecule has 1 aromatic rings. The molecule has 1 saturated heterocycles. The third-order valence-corrected chi connectivity index (χ3v) is 4.35. The van der Waals surface area contributed by atoms with Crippen LogP contribution in [0.25, 0.3) is 0 Å². The van der Waals surface area contributed by atoms with Crippen LogP contribution >= 0.6 is 35.3 Å². The van der Waals surface area contributed by atoms with Crippen molar-refractivity contribution in [3.63, 3.8) is 0 Å². The molecule has 20 heavy (non-hydrogen) atoms. The highest BCUT2D eigenvalue weighted by Crippen LogP contribution is 2.10. The van der Waals surface area contributed by atoms with Gasteiger partial charge in [0.1, 0.15) is 0 Å². The van der Waals surface area contributed by atoms with Crippen LogP contribution in [0.15, 0.2) is 22.5 Å². The molecule has 0 radical (unpaired) electrons. The maximum absolute atomic E-state index is 4.75. The predicted molar refractivity (Wildman–Crippen MR) is 99.5 cm³/mol. The molecule has 2 rings (SSSR count). The molecule has 1 aromatic heterocycles. The summed E-state index contributed by atoms with van der Waals surface area (Å²) < 4.78 is 0. The summed E-state index contributed by atoms with van der Waals surface area (Å²) in [4.78, 5) is 8.60. The van der Waals surface area contributed by atoms with Crippen LogP contribution in [0.2, 0.25) is 0 Å². The summed E-state index contributed by atoms with van der Waals surface area (Å²) in [7, 11) is 0. The van der Waals surface area contributed by atoms with Crippen molar-refractivity contribution < 1.29 is 0 Å². The van der Waals surface area contributed by atoms with Gasteiger partial charge < -0.3 is 10.2 Å². The van der Waals surface area contributed by atoms with Crippen LogP contribution in [0.3, 0.4) is 0 Å². The Labute approximate surface area is 143 Å². The molecule has 1 fully saturated rings. The molecule has 0 aliphatic carbocycles. The average molecular weight is 407 g/mol. The number of guanidine groups is 1. The first-order valence-electron chi connectivity index (χ1n) is 7.46. The minimum absolute atomic E-state index is 0. The molecule has 0 amide bonds. The van der Waals surface area contributed by atoms with Crippen LogP contribution in [0, 0.1) is 0 Å². The molecular formula is C15H26IN3S. The maximum atomic E-state index is 4.75. The van der Waals surface area contributed by atoms with E-state index in [1.54, 1.807) is 0 Å². The minimum atomic E-state index is 0. The van der Waals surface area contributed by atoms with Gasteiger partial charge in [-0.1, -0.05) is 19.4 Å². The second kappa shape index (κ2) is 10.4. The smallest absolute Gasteiger partial charge is 0.193 e. The molecule has 0 atom stereocenters. The van der Waals surface area contributed by atoms with E-state index in [1.807, 2.05) is 11.3 Å². The van der Waals surface area contributed by atoms with E-state index in [9.17, 15) is 0 Å². The number of likely N-dealkylation sites (tertiary alicyclic amines) is 1. The van der Waals surface area contributed by atoms with E-state index in [0.717, 1.165) is 38.6 Å². The van der Waals surface area contributed by atoms with Crippen molar-refractivity contribution >= 4 is 41.3 Å². The van der Waals surface area contributed by atoms with Crippen LogP contribution in [-0.2, 0) is 6.42 Å². The van der Waals surface area contributed by atoms with Crippen molar-refractivity contribution in [1.29, 1.82) is 0 Å². The number of thiophene rings is 1. The molecule has 0 spiro atoms. The Morgan fingerprint density at radius 2 is 2.20 bits per heavy atom. The van der Waals surface area contributed by atoms with Gasteiger partial charge in [-0.25, -0.2) is 0 Å². The van der Waals surface area contributed by atoms with Gasteiger partial charge in [0.2, 0.25) is 0 Å². The molecule has 5 heteroatoms. The summed E-state index contributed by atoms with van der Waals surface area (Å²) in [5.41, 5.74) is 0. The standard InChI is InChI=1S/C15H25N3S.HI/c1-2-3-9-16-15(18-11-4-5-12-18)17-10-8-14-7-6-13-19-14;/h6-7,13H,2-5,8-12H2,1H3,(H,16,17);1H. The number of nitrogens with one attached hydrogen (secondary N) is 1. The van der Waals surface area contributed by atoms with Crippen LogP contribution in [-0.4, -0.2) is 37.0 Å². The molecule has 3 nitrogen and oxygen atoms in total. The predicted octanol–water partition coefficient (Wildman–Crippen LogP) is 3.75. The largest absolute Gasteiger partial charge is 0.356 e. The zero-order valence-electron chi connectivity index (χ0n) is 12.3. The van der Waals surface area contributed by atoms with Gasteiger partial charge in [-0.15, -0.1) is 35.3 Å². The molecule has 0 saturated carbocycles. The number of nitrogens with zero attached hydrogens (tertiary/aromatic N) is 2. The summed E-state index contributed by atoms with van der Waals surface area (Å²) in [5, 5.41) is 5.69. The summed E-state index contributed by atoms with van der Waals surface area (Å²) in [6, 6.07) is 4.33. The first kappa shape index (κ1) is 17.8. The van der Waals surface area contributed by atoms with Crippen LogP contribution in [0.5, 0.6) is 0 Å². The minimum Gasteiger partial charge on any atom is -0.356 e. The van der Waals surface area contributed by atoms with Crippen LogP contribution in [0.4, 0.5) is 0 Å². The normalized spacial score (nSPS) is 15.2. The molecule has 1 aliphatic heterocycles. The van der Waals surface area contributed by atoms with Gasteiger partial charge in [0, 0.05) is 31.1 Å². The van der Waals surface area contributed by atoms with Crippen LogP contribution in [0.1, 0.15) is 37.5 Å². The van der Waals surface area contributed by atoms with E-state index >= 15 is 0 Å². The lowest BCUT2D eigenvalue weighted by molar-refractivity contribution is 0.491. The Balaban J connectivity index is 0.00000200. The quantitative estimate of drug-likeness (QED) is 0.337. The lowest BCUT2D eigenvalue weighted by Gasteiger charge is -2.21. The van der Waals surface area contributed by atoms with E-state index in [-0.39, 0.29) is 24.0 Å². The number of aliphatic imine (C=N–C) groups is 1. The number of halogens is 1. The van der Waals surface area contributed by atoms with Crippen molar-refractivity contribution in [3.05, 3.63) is 22.4 Å². The molecule has 0 unspecified atom stereocenters. The second-order valence-electron chi connectivity index (χ2n) is 5.01. The lowest BCUT2D eigenvalue weighted by Crippen LogP contribution is -2.40. The SMILES string of the molecule is CCCCN=C(NCCc1cccs1)N1CCCC1.I. The molecule has 1 aliphatic rings. The first-order valence-corrected chi connectivity index (χ1v) is 8.33. The van der Waals surface area contributed by atoms with Crippen molar-refractivity contribution in [1.82, 2.24) is 10.2 Å². The third kappa shape index (κ3) is 5.99. The first-order chi connectivity index (χ1) is 9.40. The molecular weight excluding hydrogens is 381 g/mol. The fraction of sp³-hybridized carbons (Fsp3) is 0.667. The fourth-order valence-corrected chi connectivity index (χ4v) is 3.00. The average Bonchev–Trinajstić information content (AvgIpc) is 3.10. The molecule has 0 bridgehead atoms. The highest BCUT2D eigenvalue weighted by atomic mass is 127. The number of unbranched alkanes of at least 4 members (excludes halogenated alkanes) is 1. The summed E-state index contributed by atoms with van der Waals surface area (Å²) in [6.07, 6.45) is 6.10. The molecule has 2 heterocycles. The fourth-order valence-electron chi connectivity index (χ4n) is 2.29. The van der Waals surface area contributed by atoms with Gasteiger partial charge >= 0.3 is 0 Å². The van der Waals surface area contributed by atoms with Crippen molar-refractivity contribution in [2.45, 2.75) is 39.0 Å². The van der Waals surface area contributed by atoms with E-state index < -0.39 is 0 Å². The van der Waals surface area contributed by atoms with Gasteiger partial charge in [-0.3, -0.25) is 4.99 Å². The van der Waals surface area contributed by atoms with Crippen molar-refractivity contribution in [2.24, 2.45) is 4.99 Å².